The molecule has 1 aliphatic carbocycles. The minimum absolute atomic E-state index is 0.132. The van der Waals surface area contributed by atoms with Crippen molar-refractivity contribution < 1.29 is 4.92 Å². The number of non-ortho nitro benzene ring substituents is 1. The summed E-state index contributed by atoms with van der Waals surface area (Å²) < 4.78 is 0. The lowest BCUT2D eigenvalue weighted by molar-refractivity contribution is -0.383. The zero-order valence-corrected chi connectivity index (χ0v) is 12.1. The van der Waals surface area contributed by atoms with Crippen LogP contribution in [0.15, 0.2) is 30.6 Å². The van der Waals surface area contributed by atoms with Gasteiger partial charge in [-0.15, -0.1) is 0 Å². The molecule has 110 valence electrons. The van der Waals surface area contributed by atoms with Crippen molar-refractivity contribution in [3.63, 3.8) is 0 Å². The van der Waals surface area contributed by atoms with Crippen LogP contribution >= 0.6 is 0 Å². The molecule has 1 N–H and O–H groups in total. The third-order valence-electron chi connectivity index (χ3n) is 4.38. The van der Waals surface area contributed by atoms with Gasteiger partial charge in [-0.3, -0.25) is 15.1 Å². The van der Waals surface area contributed by atoms with Gasteiger partial charge in [0.15, 0.2) is 0 Å². The molecule has 0 radical (unpaired) electrons. The molecular weight excluding hydrogens is 266 g/mol. The molecule has 1 saturated carbocycles. The molecular formula is C16H19N3O2. The van der Waals surface area contributed by atoms with Crippen LogP contribution < -0.4 is 5.32 Å². The first-order valence-corrected chi connectivity index (χ1v) is 7.40. The number of nitrogens with zero attached hydrogens (tertiary/aromatic N) is 2. The fourth-order valence-corrected chi connectivity index (χ4v) is 3.25. The maximum absolute atomic E-state index is 11.1. The van der Waals surface area contributed by atoms with Gasteiger partial charge in [-0.2, -0.15) is 0 Å². The third-order valence-corrected chi connectivity index (χ3v) is 4.38. The summed E-state index contributed by atoms with van der Waals surface area (Å²) in [5.74, 6) is 1.51. The number of benzene rings is 1. The minimum Gasteiger partial charge on any atom is -0.384 e. The Hall–Kier alpha value is -2.17. The van der Waals surface area contributed by atoms with Gasteiger partial charge in [0.05, 0.1) is 10.3 Å². The molecule has 1 aliphatic rings. The summed E-state index contributed by atoms with van der Waals surface area (Å²) in [5.41, 5.74) is 1.07. The van der Waals surface area contributed by atoms with Crippen molar-refractivity contribution in [3.05, 3.63) is 40.7 Å². The summed E-state index contributed by atoms with van der Waals surface area (Å²) >= 11 is 0. The number of nitro benzene ring substituents is 1. The van der Waals surface area contributed by atoms with E-state index in [9.17, 15) is 10.1 Å². The normalized spacial score (nSPS) is 21.6. The molecule has 1 heterocycles. The van der Waals surface area contributed by atoms with Crippen molar-refractivity contribution in [3.8, 4) is 0 Å². The summed E-state index contributed by atoms with van der Waals surface area (Å²) in [7, 11) is 0. The topological polar surface area (TPSA) is 68.1 Å². The monoisotopic (exact) mass is 285 g/mol. The van der Waals surface area contributed by atoms with E-state index in [4.69, 9.17) is 0 Å². The second-order valence-corrected chi connectivity index (χ2v) is 5.98. The Bertz CT molecular complexity index is 672. The van der Waals surface area contributed by atoms with E-state index in [1.165, 1.54) is 19.3 Å². The van der Waals surface area contributed by atoms with Gasteiger partial charge < -0.3 is 5.32 Å². The van der Waals surface area contributed by atoms with E-state index in [-0.39, 0.29) is 10.6 Å². The fourth-order valence-electron chi connectivity index (χ4n) is 3.25. The molecule has 1 aromatic carbocycles. The van der Waals surface area contributed by atoms with Crippen LogP contribution in [-0.2, 0) is 0 Å². The van der Waals surface area contributed by atoms with Crippen molar-refractivity contribution in [2.45, 2.75) is 26.2 Å². The zero-order chi connectivity index (χ0) is 14.8. The van der Waals surface area contributed by atoms with E-state index < -0.39 is 0 Å². The van der Waals surface area contributed by atoms with Crippen LogP contribution in [0.3, 0.4) is 0 Å². The van der Waals surface area contributed by atoms with Gasteiger partial charge in [0.25, 0.3) is 5.69 Å². The number of anilines is 1. The second-order valence-electron chi connectivity index (χ2n) is 5.98. The van der Waals surface area contributed by atoms with Gasteiger partial charge in [0.2, 0.25) is 0 Å². The Morgan fingerprint density at radius 2 is 2.19 bits per heavy atom. The summed E-state index contributed by atoms with van der Waals surface area (Å²) in [5, 5.41) is 16.0. The number of hydrogen-bond acceptors (Lipinski definition) is 4. The molecule has 1 aromatic heterocycles. The standard InChI is InChI=1S/C16H19N3O2/c1-11-2-3-12(8-11)9-18-15-4-5-16(19(20)21)13-6-7-17-10-14(13)15/h4-7,10-12,18H,2-3,8-9H2,1H3. The molecule has 0 amide bonds. The second kappa shape index (κ2) is 5.68. The molecule has 0 aliphatic heterocycles. The van der Waals surface area contributed by atoms with Crippen LogP contribution in [0.5, 0.6) is 0 Å². The Morgan fingerprint density at radius 3 is 2.90 bits per heavy atom. The van der Waals surface area contributed by atoms with Gasteiger partial charge in [0, 0.05) is 36.1 Å². The lowest BCUT2D eigenvalue weighted by Gasteiger charge is -2.14. The van der Waals surface area contributed by atoms with Gasteiger partial charge in [-0.25, -0.2) is 0 Å². The lowest BCUT2D eigenvalue weighted by Crippen LogP contribution is -2.11. The summed E-state index contributed by atoms with van der Waals surface area (Å²) in [6, 6.07) is 5.07. The molecule has 3 rings (SSSR count). The SMILES string of the molecule is CC1CCC(CNc2ccc([N+](=O)[O-])c3ccncc23)C1. The predicted molar refractivity (Wildman–Crippen MR) is 83.4 cm³/mol. The maximum atomic E-state index is 11.1. The van der Waals surface area contributed by atoms with E-state index >= 15 is 0 Å². The van der Waals surface area contributed by atoms with E-state index in [2.05, 4.69) is 17.2 Å². The molecule has 5 heteroatoms. The van der Waals surface area contributed by atoms with Crippen LogP contribution in [0.2, 0.25) is 0 Å². The predicted octanol–water partition coefficient (Wildman–Crippen LogP) is 3.99. The first-order chi connectivity index (χ1) is 10.1. The van der Waals surface area contributed by atoms with Gasteiger partial charge >= 0.3 is 0 Å². The van der Waals surface area contributed by atoms with E-state index in [0.717, 1.165) is 23.5 Å². The quantitative estimate of drug-likeness (QED) is 0.681. The molecule has 2 atom stereocenters. The number of hydrogen-bond donors (Lipinski definition) is 1. The third kappa shape index (κ3) is 2.82. The Balaban J connectivity index is 1.86. The molecule has 0 bridgehead atoms. The first-order valence-electron chi connectivity index (χ1n) is 7.40. The summed E-state index contributed by atoms with van der Waals surface area (Å²) in [6.45, 7) is 3.22. The van der Waals surface area contributed by atoms with Crippen molar-refractivity contribution in [2.24, 2.45) is 11.8 Å². The highest BCUT2D eigenvalue weighted by molar-refractivity contribution is 5.99. The van der Waals surface area contributed by atoms with Crippen molar-refractivity contribution >= 4 is 22.1 Å². The number of nitrogens with one attached hydrogen (secondary N) is 1. The number of fused-ring (bicyclic) bond motifs is 1. The van der Waals surface area contributed by atoms with Crippen molar-refractivity contribution in [2.75, 3.05) is 11.9 Å². The Morgan fingerprint density at radius 1 is 1.33 bits per heavy atom. The van der Waals surface area contributed by atoms with Crippen molar-refractivity contribution in [1.82, 2.24) is 4.98 Å². The first kappa shape index (κ1) is 13.8. The van der Waals surface area contributed by atoms with Crippen molar-refractivity contribution in [1.29, 1.82) is 0 Å². The van der Waals surface area contributed by atoms with Crippen LogP contribution in [0.1, 0.15) is 26.2 Å². The minimum atomic E-state index is -0.342. The molecule has 2 aromatic rings. The highest BCUT2D eigenvalue weighted by Crippen LogP contribution is 2.33. The number of aromatic nitrogens is 1. The number of rotatable bonds is 4. The maximum Gasteiger partial charge on any atom is 0.277 e. The largest absolute Gasteiger partial charge is 0.384 e. The van der Waals surface area contributed by atoms with Crippen LogP contribution in [0, 0.1) is 22.0 Å². The van der Waals surface area contributed by atoms with Crippen LogP contribution in [0.4, 0.5) is 11.4 Å². The molecule has 0 spiro atoms. The number of pyridine rings is 1. The summed E-state index contributed by atoms with van der Waals surface area (Å²) in [6.07, 6.45) is 7.11. The molecule has 1 fully saturated rings. The fraction of sp³-hybridized carbons (Fsp3) is 0.438. The van der Waals surface area contributed by atoms with Gasteiger partial charge in [-0.05, 0) is 36.8 Å². The molecule has 5 nitrogen and oxygen atoms in total. The van der Waals surface area contributed by atoms with E-state index in [0.29, 0.717) is 11.3 Å². The van der Waals surface area contributed by atoms with Crippen LogP contribution in [-0.4, -0.2) is 16.5 Å². The molecule has 21 heavy (non-hydrogen) atoms. The number of nitro groups is 1. The average molecular weight is 285 g/mol. The highest BCUT2D eigenvalue weighted by atomic mass is 16.6. The van der Waals surface area contributed by atoms with Crippen LogP contribution in [0.25, 0.3) is 10.8 Å². The Kier molecular flexibility index (Phi) is 3.73. The van der Waals surface area contributed by atoms with Gasteiger partial charge in [0.1, 0.15) is 0 Å². The Labute approximate surface area is 123 Å². The molecule has 0 saturated heterocycles. The smallest absolute Gasteiger partial charge is 0.277 e. The van der Waals surface area contributed by atoms with E-state index in [1.807, 2.05) is 0 Å². The summed E-state index contributed by atoms with van der Waals surface area (Å²) in [4.78, 5) is 14.9. The highest BCUT2D eigenvalue weighted by Gasteiger charge is 2.21. The lowest BCUT2D eigenvalue weighted by atomic mass is 10.1. The zero-order valence-electron chi connectivity index (χ0n) is 12.1. The molecule has 2 unspecified atom stereocenters. The van der Waals surface area contributed by atoms with Gasteiger partial charge in [-0.1, -0.05) is 13.3 Å². The van der Waals surface area contributed by atoms with E-state index in [1.54, 1.807) is 30.6 Å². The average Bonchev–Trinajstić information content (AvgIpc) is 2.90.